The molecule has 0 N–H and O–H groups in total. The van der Waals surface area contributed by atoms with Crippen LogP contribution in [0, 0.1) is 6.57 Å². The molecule has 0 heterocycles. The Morgan fingerprint density at radius 1 is 1.67 bits per heavy atom. The minimum atomic E-state index is -0.489. The molecule has 0 fully saturated rings. The number of hydrogen-bond donors (Lipinski definition) is 0. The molecule has 0 aromatic heterocycles. The first-order chi connectivity index (χ1) is 7.13. The highest BCUT2D eigenvalue weighted by molar-refractivity contribution is 9.08. The van der Waals surface area contributed by atoms with E-state index in [9.17, 15) is 4.79 Å². The number of ether oxygens (including phenoxy) is 1. The highest BCUT2D eigenvalue weighted by Gasteiger charge is 2.15. The predicted octanol–water partition coefficient (Wildman–Crippen LogP) is 3.57. The van der Waals surface area contributed by atoms with Gasteiger partial charge in [-0.2, -0.15) is 0 Å². The van der Waals surface area contributed by atoms with Crippen molar-refractivity contribution in [2.75, 3.05) is 7.11 Å². The van der Waals surface area contributed by atoms with Gasteiger partial charge in [-0.3, -0.25) is 0 Å². The van der Waals surface area contributed by atoms with E-state index in [4.69, 9.17) is 18.2 Å². The van der Waals surface area contributed by atoms with E-state index >= 15 is 0 Å². The van der Waals surface area contributed by atoms with Gasteiger partial charge >= 0.3 is 5.97 Å². The maximum atomic E-state index is 11.4. The largest absolute Gasteiger partial charge is 0.465 e. The second kappa shape index (κ2) is 5.15. The lowest BCUT2D eigenvalue weighted by atomic mass is 10.1. The first-order valence-electron chi connectivity index (χ1n) is 3.98. The van der Waals surface area contributed by atoms with Gasteiger partial charge in [0.25, 0.3) is 0 Å². The average molecular weight is 289 g/mol. The third-order valence-electron chi connectivity index (χ3n) is 1.85. The second-order valence-electron chi connectivity index (χ2n) is 2.69. The van der Waals surface area contributed by atoms with Crippen LogP contribution >= 0.6 is 27.5 Å². The molecule has 0 atom stereocenters. The number of nitrogens with zero attached hydrogens (tertiary/aromatic N) is 1. The number of rotatable bonds is 2. The quantitative estimate of drug-likeness (QED) is 0.473. The molecule has 5 heteroatoms. The molecule has 0 aliphatic rings. The molecular weight excluding hydrogens is 281 g/mol. The van der Waals surface area contributed by atoms with Crippen LogP contribution in [0.3, 0.4) is 0 Å². The van der Waals surface area contributed by atoms with Crippen LogP contribution in [-0.2, 0) is 10.1 Å². The zero-order valence-corrected chi connectivity index (χ0v) is 10.2. The molecule has 1 aromatic carbocycles. The molecule has 1 aromatic rings. The van der Waals surface area contributed by atoms with Crippen LogP contribution in [0.15, 0.2) is 12.1 Å². The smallest absolute Gasteiger partial charge is 0.336 e. The zero-order chi connectivity index (χ0) is 11.4. The number of benzene rings is 1. The molecule has 3 nitrogen and oxygen atoms in total. The summed E-state index contributed by atoms with van der Waals surface area (Å²) in [6.45, 7) is 6.87. The third-order valence-corrected chi connectivity index (χ3v) is 2.75. The van der Waals surface area contributed by atoms with Crippen LogP contribution in [0.4, 0.5) is 5.69 Å². The first kappa shape index (κ1) is 12.0. The van der Waals surface area contributed by atoms with Gasteiger partial charge in [0.1, 0.15) is 0 Å². The molecule has 0 aliphatic heterocycles. The number of hydrogen-bond acceptors (Lipinski definition) is 2. The molecular formula is C10H7BrClNO2. The van der Waals surface area contributed by atoms with Gasteiger partial charge < -0.3 is 4.74 Å². The zero-order valence-electron chi connectivity index (χ0n) is 7.88. The molecule has 0 amide bonds. The number of carbonyl (C=O) groups is 1. The van der Waals surface area contributed by atoms with Crippen LogP contribution in [0.1, 0.15) is 15.9 Å². The number of esters is 1. The van der Waals surface area contributed by atoms with Crippen molar-refractivity contribution < 1.29 is 9.53 Å². The fourth-order valence-electron chi connectivity index (χ4n) is 1.11. The maximum absolute atomic E-state index is 11.4. The Labute approximate surface area is 101 Å². The van der Waals surface area contributed by atoms with Crippen molar-refractivity contribution in [1.82, 2.24) is 0 Å². The number of carbonyl (C=O) groups excluding carboxylic acids is 1. The lowest BCUT2D eigenvalue weighted by Crippen LogP contribution is -2.05. The van der Waals surface area contributed by atoms with Gasteiger partial charge in [0, 0.05) is 10.4 Å². The summed E-state index contributed by atoms with van der Waals surface area (Å²) in [5.74, 6) is -0.489. The van der Waals surface area contributed by atoms with Gasteiger partial charge in [0.15, 0.2) is 5.69 Å². The third kappa shape index (κ3) is 2.49. The SMILES string of the molecule is [C-]#[N+]c1cc(Cl)c(CBr)c(C(=O)OC)c1. The van der Waals surface area contributed by atoms with Crippen LogP contribution in [0.25, 0.3) is 4.85 Å². The summed E-state index contributed by atoms with van der Waals surface area (Å²) in [5, 5.41) is 0.829. The maximum Gasteiger partial charge on any atom is 0.336 e. The Bertz CT molecular complexity index is 440. The number of halogens is 2. The summed E-state index contributed by atoms with van der Waals surface area (Å²) in [4.78, 5) is 14.6. The highest BCUT2D eigenvalue weighted by Crippen LogP contribution is 2.29. The molecule has 0 bridgehead atoms. The van der Waals surface area contributed by atoms with E-state index in [0.717, 1.165) is 0 Å². The van der Waals surface area contributed by atoms with Crippen LogP contribution in [0.2, 0.25) is 5.02 Å². The molecule has 0 aliphatic carbocycles. The summed E-state index contributed by atoms with van der Waals surface area (Å²) in [6, 6.07) is 3.00. The van der Waals surface area contributed by atoms with E-state index in [0.29, 0.717) is 27.2 Å². The fourth-order valence-corrected chi connectivity index (χ4v) is 2.16. The van der Waals surface area contributed by atoms with E-state index in [2.05, 4.69) is 25.5 Å². The Morgan fingerprint density at radius 3 is 2.80 bits per heavy atom. The van der Waals surface area contributed by atoms with E-state index in [-0.39, 0.29) is 0 Å². The van der Waals surface area contributed by atoms with Crippen molar-refractivity contribution in [3.63, 3.8) is 0 Å². The van der Waals surface area contributed by atoms with Gasteiger partial charge in [-0.1, -0.05) is 27.5 Å². The van der Waals surface area contributed by atoms with Crippen molar-refractivity contribution in [1.29, 1.82) is 0 Å². The van der Waals surface area contributed by atoms with Crippen LogP contribution in [-0.4, -0.2) is 13.1 Å². The minimum absolute atomic E-state index is 0.324. The van der Waals surface area contributed by atoms with Gasteiger partial charge in [-0.15, -0.1) is 0 Å². The lowest BCUT2D eigenvalue weighted by molar-refractivity contribution is 0.0600. The predicted molar refractivity (Wildman–Crippen MR) is 61.7 cm³/mol. The molecule has 1 rings (SSSR count). The Morgan fingerprint density at radius 2 is 2.33 bits per heavy atom. The summed E-state index contributed by atoms with van der Waals surface area (Å²) >= 11 is 9.17. The van der Waals surface area contributed by atoms with Gasteiger partial charge in [0.05, 0.1) is 19.2 Å². The fraction of sp³-hybridized carbons (Fsp3) is 0.200. The van der Waals surface area contributed by atoms with Gasteiger partial charge in [-0.25, -0.2) is 9.64 Å². The topological polar surface area (TPSA) is 30.7 Å². The lowest BCUT2D eigenvalue weighted by Gasteiger charge is -2.07. The Hall–Kier alpha value is -1.05. The van der Waals surface area contributed by atoms with Crippen LogP contribution in [0.5, 0.6) is 0 Å². The summed E-state index contributed by atoms with van der Waals surface area (Å²) in [6.07, 6.45) is 0. The summed E-state index contributed by atoms with van der Waals surface area (Å²) in [7, 11) is 1.29. The average Bonchev–Trinajstić information content (AvgIpc) is 2.26. The summed E-state index contributed by atoms with van der Waals surface area (Å²) in [5.41, 5.74) is 1.29. The monoisotopic (exact) mass is 287 g/mol. The number of methoxy groups -OCH3 is 1. The normalized spacial score (nSPS) is 9.47. The van der Waals surface area contributed by atoms with Crippen molar-refractivity contribution in [2.45, 2.75) is 5.33 Å². The molecule has 0 unspecified atom stereocenters. The van der Waals surface area contributed by atoms with Crippen molar-refractivity contribution >= 4 is 39.2 Å². The van der Waals surface area contributed by atoms with Gasteiger partial charge in [0.2, 0.25) is 0 Å². The molecule has 0 saturated carbocycles. The van der Waals surface area contributed by atoms with Crippen molar-refractivity contribution in [3.8, 4) is 0 Å². The Balaban J connectivity index is 3.40. The first-order valence-corrected chi connectivity index (χ1v) is 5.48. The molecule has 0 radical (unpaired) electrons. The molecule has 15 heavy (non-hydrogen) atoms. The minimum Gasteiger partial charge on any atom is -0.465 e. The Kier molecular flexibility index (Phi) is 4.13. The van der Waals surface area contributed by atoms with Crippen molar-refractivity contribution in [3.05, 3.63) is 39.7 Å². The van der Waals surface area contributed by atoms with Gasteiger partial charge in [-0.05, 0) is 17.7 Å². The second-order valence-corrected chi connectivity index (χ2v) is 3.66. The van der Waals surface area contributed by atoms with E-state index in [1.54, 1.807) is 0 Å². The summed E-state index contributed by atoms with van der Waals surface area (Å²) < 4.78 is 4.61. The van der Waals surface area contributed by atoms with E-state index < -0.39 is 5.97 Å². The number of alkyl halides is 1. The molecule has 0 spiro atoms. The molecule has 0 saturated heterocycles. The standard InChI is InChI=1S/C10H7BrClNO2/c1-13-6-3-7(10(14)15-2)8(5-11)9(12)4-6/h3-4H,5H2,2H3. The highest BCUT2D eigenvalue weighted by atomic mass is 79.9. The van der Waals surface area contributed by atoms with Crippen LogP contribution < -0.4 is 0 Å². The van der Waals surface area contributed by atoms with E-state index in [1.165, 1.54) is 19.2 Å². The van der Waals surface area contributed by atoms with Crippen molar-refractivity contribution in [2.24, 2.45) is 0 Å². The van der Waals surface area contributed by atoms with E-state index in [1.807, 2.05) is 0 Å². The molecule has 78 valence electrons.